The molecule has 52 heavy (non-hydrogen) atoms. The van der Waals surface area contributed by atoms with Gasteiger partial charge < -0.3 is 70.4 Å². The summed E-state index contributed by atoms with van der Waals surface area (Å²) in [5.41, 5.74) is -1.50. The van der Waals surface area contributed by atoms with Gasteiger partial charge in [-0.3, -0.25) is 4.79 Å². The van der Waals surface area contributed by atoms with Gasteiger partial charge in [0.15, 0.2) is 40.6 Å². The number of carbonyl (C=O) groups is 1. The zero-order valence-corrected chi connectivity index (χ0v) is 26.4. The van der Waals surface area contributed by atoms with Crippen LogP contribution in [0.25, 0.3) is 10.8 Å². The van der Waals surface area contributed by atoms with Crippen molar-refractivity contribution in [1.29, 1.82) is 0 Å². The van der Waals surface area contributed by atoms with Crippen molar-refractivity contribution in [2.45, 2.75) is 37.3 Å². The molecule has 0 saturated carbocycles. The second-order valence-corrected chi connectivity index (χ2v) is 12.4. The minimum atomic E-state index is -1.53. The van der Waals surface area contributed by atoms with E-state index in [1.165, 1.54) is 12.1 Å². The quantitative estimate of drug-likeness (QED) is 0.0940. The molecule has 0 bridgehead atoms. The molecule has 1 unspecified atom stereocenters. The minimum Gasteiger partial charge on any atom is -0.508 e. The lowest BCUT2D eigenvalue weighted by molar-refractivity contribution is -0.0184. The Morgan fingerprint density at radius 3 is 1.79 bits per heavy atom. The summed E-state index contributed by atoms with van der Waals surface area (Å²) < 4.78 is 17.8. The number of carbonyl (C=O) groups excluding carboxylic acids is 1. The van der Waals surface area contributed by atoms with Crippen LogP contribution in [0.2, 0.25) is 0 Å². The maximum absolute atomic E-state index is 13.4. The number of hydrogen-bond acceptors (Lipinski definition) is 16. The highest BCUT2D eigenvalue weighted by atomic mass is 16.6. The molecule has 2 aliphatic heterocycles. The number of rotatable bonds is 4. The van der Waals surface area contributed by atoms with Gasteiger partial charge in [0.25, 0.3) is 0 Å². The van der Waals surface area contributed by atoms with Crippen molar-refractivity contribution in [2.24, 2.45) is 0 Å². The molecule has 0 saturated heterocycles. The Morgan fingerprint density at radius 1 is 0.615 bits per heavy atom. The zero-order chi connectivity index (χ0) is 37.3. The Hall–Kier alpha value is -6.94. The number of aliphatic hydroxyl groups is 1. The summed E-state index contributed by atoms with van der Waals surface area (Å²) in [6.45, 7) is 0. The second-order valence-electron chi connectivity index (χ2n) is 12.4. The second kappa shape index (κ2) is 12.1. The van der Waals surface area contributed by atoms with Crippen molar-refractivity contribution >= 4 is 16.7 Å². The van der Waals surface area contributed by atoms with E-state index in [4.69, 9.17) is 14.2 Å². The van der Waals surface area contributed by atoms with Gasteiger partial charge in [0.05, 0.1) is 17.1 Å². The van der Waals surface area contributed by atoms with E-state index in [1.54, 1.807) is 0 Å². The molecular formula is C36H28O16. The Balaban J connectivity index is 1.42. The van der Waals surface area contributed by atoms with Gasteiger partial charge >= 0.3 is 5.97 Å². The molecule has 0 aliphatic carbocycles. The molecule has 0 spiro atoms. The lowest BCUT2D eigenvalue weighted by Gasteiger charge is -2.34. The van der Waals surface area contributed by atoms with Gasteiger partial charge in [-0.1, -0.05) is 0 Å². The first-order valence-corrected chi connectivity index (χ1v) is 15.4. The molecule has 268 valence electrons. The molecule has 0 radical (unpaired) electrons. The van der Waals surface area contributed by atoms with E-state index in [-0.39, 0.29) is 63.5 Å². The fraction of sp³-hybridized carbons (Fsp3) is 0.167. The van der Waals surface area contributed by atoms with Crippen LogP contribution in [-0.2, 0) is 17.6 Å². The Kier molecular flexibility index (Phi) is 7.83. The van der Waals surface area contributed by atoms with Crippen LogP contribution in [0.3, 0.4) is 0 Å². The first-order valence-electron chi connectivity index (χ1n) is 15.4. The van der Waals surface area contributed by atoms with Crippen molar-refractivity contribution in [3.63, 3.8) is 0 Å². The van der Waals surface area contributed by atoms with E-state index in [0.717, 1.165) is 42.5 Å². The van der Waals surface area contributed by atoms with E-state index >= 15 is 0 Å². The highest BCUT2D eigenvalue weighted by molar-refractivity contribution is 5.98. The number of hydrogen-bond donors (Lipinski definition) is 11. The Labute approximate surface area is 290 Å². The van der Waals surface area contributed by atoms with Gasteiger partial charge in [0.1, 0.15) is 46.7 Å². The van der Waals surface area contributed by atoms with Crippen molar-refractivity contribution in [2.75, 3.05) is 0 Å². The fourth-order valence-corrected chi connectivity index (χ4v) is 6.53. The molecule has 5 aromatic rings. The standard InChI is InChI=1S/C36H28O16/c37-14-5-20(39)18-10-26(45)34(50-27(18)7-14)12-1-16-17(9-25(44)33(48)30(16)32(47)24(43)2-12)35-29(11-19-21(40)6-15(38)8-28(19)51-35)52-36(49)13-3-22(41)31(46)23(42)4-13/h1-9,26,29,34-35,37-42,44-46,48H,10-11H2,(H,43,47)/t26-,29-,34?,35-/m0/s1. The molecule has 2 aliphatic rings. The van der Waals surface area contributed by atoms with Gasteiger partial charge in [0.2, 0.25) is 5.43 Å². The molecule has 0 fully saturated rings. The monoisotopic (exact) mass is 716 g/mol. The summed E-state index contributed by atoms with van der Waals surface area (Å²) in [6.07, 6.45) is -6.29. The lowest BCUT2D eigenvalue weighted by Crippen LogP contribution is -2.35. The van der Waals surface area contributed by atoms with E-state index in [9.17, 15) is 65.8 Å². The number of fused-ring (bicyclic) bond motifs is 3. The molecule has 0 aromatic heterocycles. The van der Waals surface area contributed by atoms with Crippen molar-refractivity contribution in [3.8, 4) is 69.0 Å². The van der Waals surface area contributed by atoms with Gasteiger partial charge in [-0.2, -0.15) is 0 Å². The molecule has 0 amide bonds. The van der Waals surface area contributed by atoms with E-state index in [2.05, 4.69) is 0 Å². The van der Waals surface area contributed by atoms with Crippen molar-refractivity contribution in [1.82, 2.24) is 0 Å². The van der Waals surface area contributed by atoms with Crippen LogP contribution < -0.4 is 14.9 Å². The Bertz CT molecular complexity index is 2370. The van der Waals surface area contributed by atoms with Crippen LogP contribution in [0.15, 0.2) is 59.4 Å². The number of phenolic OH excluding ortho intramolecular Hbond substituents is 9. The number of benzene rings is 4. The zero-order valence-electron chi connectivity index (χ0n) is 26.4. The SMILES string of the molecule is O=C(O[C@H]1Cc2c(O)cc(O)cc2O[C@H]1c1cc(O)c(O)c2c(O)c(=O)cc(C3Oc4cc(O)cc(O)c4C[C@@H]3O)cc12)c1cc(O)c(O)c(O)c1. The van der Waals surface area contributed by atoms with Crippen LogP contribution in [0.5, 0.6) is 69.0 Å². The first kappa shape index (κ1) is 33.6. The van der Waals surface area contributed by atoms with Crippen LogP contribution in [-0.4, -0.2) is 74.3 Å². The number of ether oxygens (including phenoxy) is 3. The molecule has 4 atom stereocenters. The molecule has 2 heterocycles. The van der Waals surface area contributed by atoms with Crippen LogP contribution in [0, 0.1) is 0 Å². The summed E-state index contributed by atoms with van der Waals surface area (Å²) in [6, 6.07) is 9.16. The summed E-state index contributed by atoms with van der Waals surface area (Å²) in [4.78, 5) is 26.7. The molecule has 7 rings (SSSR count). The highest BCUT2D eigenvalue weighted by Crippen LogP contribution is 2.49. The summed E-state index contributed by atoms with van der Waals surface area (Å²) in [5.74, 6) is -8.30. The maximum atomic E-state index is 13.4. The average molecular weight is 717 g/mol. The third kappa shape index (κ3) is 5.56. The van der Waals surface area contributed by atoms with Crippen LogP contribution in [0.1, 0.15) is 44.8 Å². The number of aliphatic hydroxyl groups excluding tert-OH is 1. The normalized spacial score (nSPS) is 19.2. The molecule has 16 nitrogen and oxygen atoms in total. The predicted molar refractivity (Wildman–Crippen MR) is 176 cm³/mol. The lowest BCUT2D eigenvalue weighted by atomic mass is 9.89. The molecular weight excluding hydrogens is 688 g/mol. The van der Waals surface area contributed by atoms with E-state index < -0.39 is 92.8 Å². The fourth-order valence-electron chi connectivity index (χ4n) is 6.53. The number of aromatic hydroxyl groups is 10. The minimum absolute atomic E-state index is 0.0221. The average Bonchev–Trinajstić information content (AvgIpc) is 3.20. The van der Waals surface area contributed by atoms with Crippen molar-refractivity contribution < 1.29 is 75.2 Å². The molecule has 16 heteroatoms. The van der Waals surface area contributed by atoms with Crippen LogP contribution in [0.4, 0.5) is 0 Å². The largest absolute Gasteiger partial charge is 0.508 e. The topological polar surface area (TPSA) is 284 Å². The van der Waals surface area contributed by atoms with Gasteiger partial charge in [0, 0.05) is 53.8 Å². The summed E-state index contributed by atoms with van der Waals surface area (Å²) in [7, 11) is 0. The van der Waals surface area contributed by atoms with E-state index in [0.29, 0.717) is 0 Å². The maximum Gasteiger partial charge on any atom is 0.338 e. The summed E-state index contributed by atoms with van der Waals surface area (Å²) >= 11 is 0. The van der Waals surface area contributed by atoms with Gasteiger partial charge in [-0.05, 0) is 41.3 Å². The summed E-state index contributed by atoms with van der Waals surface area (Å²) in [5, 5.41) is 114. The Morgan fingerprint density at radius 2 is 1.17 bits per heavy atom. The first-order chi connectivity index (χ1) is 24.6. The highest BCUT2D eigenvalue weighted by Gasteiger charge is 2.39. The third-order valence-electron chi connectivity index (χ3n) is 8.98. The van der Waals surface area contributed by atoms with Crippen molar-refractivity contribution in [3.05, 3.63) is 92.6 Å². The number of phenols is 9. The molecule has 5 aromatic carbocycles. The van der Waals surface area contributed by atoms with E-state index in [1.807, 2.05) is 0 Å². The number of esters is 1. The smallest absolute Gasteiger partial charge is 0.338 e. The van der Waals surface area contributed by atoms with Crippen LogP contribution >= 0.6 is 0 Å². The van der Waals surface area contributed by atoms with Gasteiger partial charge in [-0.15, -0.1) is 0 Å². The van der Waals surface area contributed by atoms with Gasteiger partial charge in [-0.25, -0.2) is 4.79 Å². The predicted octanol–water partition coefficient (Wildman–Crippen LogP) is 3.19. The molecule has 11 N–H and O–H groups in total. The third-order valence-corrected chi connectivity index (χ3v) is 8.98.